The summed E-state index contributed by atoms with van der Waals surface area (Å²) < 4.78 is 1.81. The largest absolute Gasteiger partial charge is 0.308 e. The topological polar surface area (TPSA) is 42.7 Å². The Morgan fingerprint density at radius 2 is 2.00 bits per heavy atom. The predicted molar refractivity (Wildman–Crippen MR) is 62.7 cm³/mol. The molecule has 0 spiro atoms. The highest BCUT2D eigenvalue weighted by molar-refractivity contribution is 5.16. The second kappa shape index (κ2) is 4.90. The highest BCUT2D eigenvalue weighted by atomic mass is 15.2. The molecule has 0 saturated carbocycles. The molecule has 0 aliphatic rings. The van der Waals surface area contributed by atoms with Crippen molar-refractivity contribution in [3.8, 4) is 0 Å². The first kappa shape index (κ1) is 10.8. The Labute approximate surface area is 95.3 Å². The SMILES string of the molecule is Cc1cncc(CNCc2cnn(C)c2)c1. The Balaban J connectivity index is 1.84. The lowest BCUT2D eigenvalue weighted by Crippen LogP contribution is -2.12. The lowest BCUT2D eigenvalue weighted by Gasteiger charge is -2.03. The molecule has 0 atom stereocenters. The maximum Gasteiger partial charge on any atom is 0.0534 e. The van der Waals surface area contributed by atoms with Crippen molar-refractivity contribution in [3.63, 3.8) is 0 Å². The van der Waals surface area contributed by atoms with E-state index in [0.29, 0.717) is 0 Å². The second-order valence-electron chi connectivity index (χ2n) is 4.00. The summed E-state index contributed by atoms with van der Waals surface area (Å²) in [6.45, 7) is 3.73. The minimum atomic E-state index is 0.835. The van der Waals surface area contributed by atoms with Gasteiger partial charge in [0.2, 0.25) is 0 Å². The average Bonchev–Trinajstić information content (AvgIpc) is 2.64. The molecule has 0 radical (unpaired) electrons. The summed E-state index contributed by atoms with van der Waals surface area (Å²) in [6.07, 6.45) is 7.65. The monoisotopic (exact) mass is 216 g/mol. The fraction of sp³-hybridized carbons (Fsp3) is 0.333. The van der Waals surface area contributed by atoms with Crippen molar-refractivity contribution < 1.29 is 0 Å². The summed E-state index contributed by atoms with van der Waals surface area (Å²) in [4.78, 5) is 4.16. The molecule has 0 fully saturated rings. The van der Waals surface area contributed by atoms with Crippen molar-refractivity contribution in [3.05, 3.63) is 47.5 Å². The van der Waals surface area contributed by atoms with Gasteiger partial charge in [0.05, 0.1) is 6.20 Å². The summed E-state index contributed by atoms with van der Waals surface area (Å²) in [5, 5.41) is 7.49. The fourth-order valence-corrected chi connectivity index (χ4v) is 1.63. The van der Waals surface area contributed by atoms with Crippen LogP contribution in [0.2, 0.25) is 0 Å². The molecule has 0 saturated heterocycles. The van der Waals surface area contributed by atoms with Crippen LogP contribution in [0.4, 0.5) is 0 Å². The molecule has 2 aromatic rings. The van der Waals surface area contributed by atoms with Crippen LogP contribution in [-0.2, 0) is 20.1 Å². The zero-order chi connectivity index (χ0) is 11.4. The Bertz CT molecular complexity index is 462. The Kier molecular flexibility index (Phi) is 3.31. The van der Waals surface area contributed by atoms with E-state index < -0.39 is 0 Å². The number of rotatable bonds is 4. The van der Waals surface area contributed by atoms with Gasteiger partial charge in [-0.3, -0.25) is 9.67 Å². The van der Waals surface area contributed by atoms with E-state index in [-0.39, 0.29) is 0 Å². The summed E-state index contributed by atoms with van der Waals surface area (Å²) in [7, 11) is 1.92. The standard InChI is InChI=1S/C12H16N4/c1-10-3-11(5-13-4-10)6-14-7-12-8-15-16(2)9-12/h3-5,8-9,14H,6-7H2,1-2H3. The Morgan fingerprint density at radius 3 is 2.69 bits per heavy atom. The van der Waals surface area contributed by atoms with Crippen LogP contribution < -0.4 is 5.32 Å². The number of nitrogens with zero attached hydrogens (tertiary/aromatic N) is 3. The predicted octanol–water partition coefficient (Wildman–Crippen LogP) is 1.41. The average molecular weight is 216 g/mol. The number of hydrogen-bond acceptors (Lipinski definition) is 3. The lowest BCUT2D eigenvalue weighted by atomic mass is 10.2. The normalized spacial score (nSPS) is 10.6. The van der Waals surface area contributed by atoms with Crippen molar-refractivity contribution in [2.24, 2.45) is 7.05 Å². The van der Waals surface area contributed by atoms with E-state index >= 15 is 0 Å². The van der Waals surface area contributed by atoms with Gasteiger partial charge in [0, 0.05) is 44.3 Å². The van der Waals surface area contributed by atoms with E-state index in [9.17, 15) is 0 Å². The van der Waals surface area contributed by atoms with Crippen LogP contribution >= 0.6 is 0 Å². The molecule has 0 amide bonds. The van der Waals surface area contributed by atoms with Crippen LogP contribution in [0.25, 0.3) is 0 Å². The van der Waals surface area contributed by atoms with Gasteiger partial charge in [-0.1, -0.05) is 6.07 Å². The molecule has 0 aliphatic carbocycles. The quantitative estimate of drug-likeness (QED) is 0.840. The highest BCUT2D eigenvalue weighted by Gasteiger charge is 1.97. The third-order valence-corrected chi connectivity index (χ3v) is 2.35. The molecule has 2 rings (SSSR count). The van der Waals surface area contributed by atoms with E-state index in [4.69, 9.17) is 0 Å². The van der Waals surface area contributed by atoms with Gasteiger partial charge in [0.15, 0.2) is 0 Å². The van der Waals surface area contributed by atoms with Crippen LogP contribution in [-0.4, -0.2) is 14.8 Å². The van der Waals surface area contributed by atoms with Crippen LogP contribution in [0.5, 0.6) is 0 Å². The lowest BCUT2D eigenvalue weighted by molar-refractivity contribution is 0.689. The molecule has 2 aromatic heterocycles. The molecule has 84 valence electrons. The number of hydrogen-bond donors (Lipinski definition) is 1. The molecule has 16 heavy (non-hydrogen) atoms. The summed E-state index contributed by atoms with van der Waals surface area (Å²) in [6, 6.07) is 2.14. The first-order valence-corrected chi connectivity index (χ1v) is 5.33. The summed E-state index contributed by atoms with van der Waals surface area (Å²) in [5.74, 6) is 0. The van der Waals surface area contributed by atoms with Crippen LogP contribution in [0, 0.1) is 6.92 Å². The fourth-order valence-electron chi connectivity index (χ4n) is 1.63. The number of aromatic nitrogens is 3. The number of pyridine rings is 1. The minimum Gasteiger partial charge on any atom is -0.308 e. The third kappa shape index (κ3) is 2.90. The molecule has 0 bridgehead atoms. The summed E-state index contributed by atoms with van der Waals surface area (Å²) in [5.41, 5.74) is 3.60. The molecule has 4 nitrogen and oxygen atoms in total. The van der Waals surface area contributed by atoms with Gasteiger partial charge in [0.1, 0.15) is 0 Å². The van der Waals surface area contributed by atoms with E-state index in [1.165, 1.54) is 16.7 Å². The summed E-state index contributed by atoms with van der Waals surface area (Å²) >= 11 is 0. The van der Waals surface area contributed by atoms with Gasteiger partial charge < -0.3 is 5.32 Å². The maximum absolute atomic E-state index is 4.16. The molecular formula is C12H16N4. The molecule has 0 aromatic carbocycles. The Hall–Kier alpha value is -1.68. The van der Waals surface area contributed by atoms with Gasteiger partial charge in [-0.25, -0.2) is 0 Å². The van der Waals surface area contributed by atoms with Gasteiger partial charge in [-0.15, -0.1) is 0 Å². The van der Waals surface area contributed by atoms with Crippen LogP contribution in [0.1, 0.15) is 16.7 Å². The van der Waals surface area contributed by atoms with E-state index in [1.54, 1.807) is 0 Å². The van der Waals surface area contributed by atoms with Crippen molar-refractivity contribution in [1.82, 2.24) is 20.1 Å². The Morgan fingerprint density at radius 1 is 1.19 bits per heavy atom. The number of aryl methyl sites for hydroxylation is 2. The highest BCUT2D eigenvalue weighted by Crippen LogP contribution is 2.01. The molecule has 2 heterocycles. The zero-order valence-corrected chi connectivity index (χ0v) is 9.64. The van der Waals surface area contributed by atoms with Gasteiger partial charge >= 0.3 is 0 Å². The molecule has 0 aliphatic heterocycles. The van der Waals surface area contributed by atoms with Crippen molar-refractivity contribution in [2.75, 3.05) is 0 Å². The molecule has 4 heteroatoms. The zero-order valence-electron chi connectivity index (χ0n) is 9.64. The number of nitrogens with one attached hydrogen (secondary N) is 1. The minimum absolute atomic E-state index is 0.835. The smallest absolute Gasteiger partial charge is 0.0534 e. The van der Waals surface area contributed by atoms with Crippen LogP contribution in [0.15, 0.2) is 30.9 Å². The van der Waals surface area contributed by atoms with Gasteiger partial charge in [-0.05, 0) is 18.1 Å². The maximum atomic E-state index is 4.16. The van der Waals surface area contributed by atoms with Crippen molar-refractivity contribution in [1.29, 1.82) is 0 Å². The van der Waals surface area contributed by atoms with Crippen molar-refractivity contribution in [2.45, 2.75) is 20.0 Å². The van der Waals surface area contributed by atoms with E-state index in [0.717, 1.165) is 13.1 Å². The van der Waals surface area contributed by atoms with Gasteiger partial charge in [0.25, 0.3) is 0 Å². The van der Waals surface area contributed by atoms with Crippen molar-refractivity contribution >= 4 is 0 Å². The molecular weight excluding hydrogens is 200 g/mol. The third-order valence-electron chi connectivity index (χ3n) is 2.35. The first-order valence-electron chi connectivity index (χ1n) is 5.33. The van der Waals surface area contributed by atoms with Crippen LogP contribution in [0.3, 0.4) is 0 Å². The van der Waals surface area contributed by atoms with E-state index in [1.807, 2.05) is 36.5 Å². The van der Waals surface area contributed by atoms with E-state index in [2.05, 4.69) is 28.4 Å². The molecule has 1 N–H and O–H groups in total. The van der Waals surface area contributed by atoms with Gasteiger partial charge in [-0.2, -0.15) is 5.10 Å². The molecule has 0 unspecified atom stereocenters. The first-order chi connectivity index (χ1) is 7.74. The second-order valence-corrected chi connectivity index (χ2v) is 4.00.